The van der Waals surface area contributed by atoms with Gasteiger partial charge >= 0.3 is 0 Å². The van der Waals surface area contributed by atoms with E-state index in [1.165, 1.54) is 0 Å². The van der Waals surface area contributed by atoms with Gasteiger partial charge in [-0.05, 0) is 34.1 Å². The molecule has 0 spiro atoms. The molecule has 0 bridgehead atoms. The van der Waals surface area contributed by atoms with E-state index in [0.29, 0.717) is 6.54 Å². The van der Waals surface area contributed by atoms with Crippen molar-refractivity contribution >= 4 is 0 Å². The van der Waals surface area contributed by atoms with Crippen molar-refractivity contribution in [3.8, 4) is 0 Å². The lowest BCUT2D eigenvalue weighted by Gasteiger charge is -2.17. The summed E-state index contributed by atoms with van der Waals surface area (Å²) in [5, 5.41) is 0. The van der Waals surface area contributed by atoms with Crippen molar-refractivity contribution in [2.24, 2.45) is 5.73 Å². The van der Waals surface area contributed by atoms with Crippen LogP contribution in [0, 0.1) is 6.92 Å². The van der Waals surface area contributed by atoms with E-state index in [2.05, 4.69) is 37.0 Å². The minimum absolute atomic E-state index is 0.552. The number of nitrogens with zero attached hydrogens (tertiary/aromatic N) is 2. The molecule has 1 heterocycles. The molecular formula is C12H23N3O. The first-order chi connectivity index (χ1) is 7.52. The van der Waals surface area contributed by atoms with Crippen LogP contribution >= 0.6 is 0 Å². The van der Waals surface area contributed by atoms with Crippen molar-refractivity contribution in [2.75, 3.05) is 34.2 Å². The van der Waals surface area contributed by atoms with Crippen LogP contribution in [0.1, 0.15) is 17.1 Å². The molecule has 4 nitrogen and oxygen atoms in total. The Hall–Kier alpha value is -0.840. The molecule has 1 aromatic heterocycles. The van der Waals surface area contributed by atoms with Gasteiger partial charge in [-0.3, -0.25) is 4.90 Å². The van der Waals surface area contributed by atoms with E-state index in [0.717, 1.165) is 36.7 Å². The quantitative estimate of drug-likeness (QED) is 0.786. The zero-order valence-electron chi connectivity index (χ0n) is 10.8. The molecule has 1 aromatic rings. The molecule has 0 saturated carbocycles. The Morgan fingerprint density at radius 1 is 1.25 bits per heavy atom. The molecule has 0 unspecified atom stereocenters. The molecule has 0 amide bonds. The number of nitrogens with two attached hydrogens (primary N) is 1. The Morgan fingerprint density at radius 3 is 2.44 bits per heavy atom. The predicted molar refractivity (Wildman–Crippen MR) is 66.2 cm³/mol. The average Bonchev–Trinajstić information content (AvgIpc) is 2.55. The minimum Gasteiger partial charge on any atom is -0.465 e. The SMILES string of the molecule is Cc1oc(CN(C)CCN(C)C)cc1CN. The molecule has 0 aliphatic heterocycles. The minimum atomic E-state index is 0.552. The topological polar surface area (TPSA) is 45.6 Å². The summed E-state index contributed by atoms with van der Waals surface area (Å²) < 4.78 is 5.65. The Morgan fingerprint density at radius 2 is 1.94 bits per heavy atom. The van der Waals surface area contributed by atoms with Gasteiger partial charge in [-0.2, -0.15) is 0 Å². The van der Waals surface area contributed by atoms with Crippen LogP contribution in [0.4, 0.5) is 0 Å². The van der Waals surface area contributed by atoms with Crippen LogP contribution in [0.5, 0.6) is 0 Å². The standard InChI is InChI=1S/C12H23N3O/c1-10-11(8-13)7-12(16-10)9-15(4)6-5-14(2)3/h7H,5-6,8-9,13H2,1-4H3. The van der Waals surface area contributed by atoms with E-state index in [-0.39, 0.29) is 0 Å². The lowest BCUT2D eigenvalue weighted by molar-refractivity contribution is 0.257. The highest BCUT2D eigenvalue weighted by Crippen LogP contribution is 2.15. The van der Waals surface area contributed by atoms with Crippen LogP contribution in [0.15, 0.2) is 10.5 Å². The summed E-state index contributed by atoms with van der Waals surface area (Å²) in [5.41, 5.74) is 6.72. The van der Waals surface area contributed by atoms with Crippen molar-refractivity contribution in [1.82, 2.24) is 9.80 Å². The normalized spacial score (nSPS) is 11.7. The molecule has 0 fully saturated rings. The monoisotopic (exact) mass is 225 g/mol. The van der Waals surface area contributed by atoms with Crippen LogP contribution in [-0.4, -0.2) is 44.0 Å². The highest BCUT2D eigenvalue weighted by Gasteiger charge is 2.08. The summed E-state index contributed by atoms with van der Waals surface area (Å²) in [6.07, 6.45) is 0. The van der Waals surface area contributed by atoms with Crippen LogP contribution in [0.25, 0.3) is 0 Å². The Balaban J connectivity index is 2.46. The van der Waals surface area contributed by atoms with Crippen molar-refractivity contribution in [1.29, 1.82) is 0 Å². The fourth-order valence-corrected chi connectivity index (χ4v) is 1.58. The van der Waals surface area contributed by atoms with Gasteiger partial charge in [-0.25, -0.2) is 0 Å². The number of furan rings is 1. The highest BCUT2D eigenvalue weighted by atomic mass is 16.3. The molecule has 0 radical (unpaired) electrons. The van der Waals surface area contributed by atoms with Crippen LogP contribution < -0.4 is 5.73 Å². The summed E-state index contributed by atoms with van der Waals surface area (Å²) in [7, 11) is 6.26. The van der Waals surface area contributed by atoms with Crippen molar-refractivity contribution in [3.05, 3.63) is 23.2 Å². The maximum Gasteiger partial charge on any atom is 0.118 e. The summed E-state index contributed by atoms with van der Waals surface area (Å²) in [4.78, 5) is 4.42. The summed E-state index contributed by atoms with van der Waals surface area (Å²) in [6, 6.07) is 2.06. The fourth-order valence-electron chi connectivity index (χ4n) is 1.58. The maximum absolute atomic E-state index is 5.65. The number of hydrogen-bond donors (Lipinski definition) is 1. The van der Waals surface area contributed by atoms with E-state index >= 15 is 0 Å². The molecule has 2 N–H and O–H groups in total. The molecule has 0 atom stereocenters. The van der Waals surface area contributed by atoms with E-state index in [9.17, 15) is 0 Å². The molecule has 1 rings (SSSR count). The van der Waals surface area contributed by atoms with Gasteiger partial charge in [-0.15, -0.1) is 0 Å². The summed E-state index contributed by atoms with van der Waals surface area (Å²) in [6.45, 7) is 5.45. The first-order valence-electron chi connectivity index (χ1n) is 5.64. The molecule has 0 aliphatic carbocycles. The third kappa shape index (κ3) is 3.96. The second-order valence-corrected chi connectivity index (χ2v) is 4.54. The largest absolute Gasteiger partial charge is 0.465 e. The van der Waals surface area contributed by atoms with Crippen molar-refractivity contribution in [2.45, 2.75) is 20.0 Å². The molecule has 92 valence electrons. The van der Waals surface area contributed by atoms with Gasteiger partial charge in [0.1, 0.15) is 11.5 Å². The third-order valence-electron chi connectivity index (χ3n) is 2.65. The van der Waals surface area contributed by atoms with Gasteiger partial charge in [0.15, 0.2) is 0 Å². The lowest BCUT2D eigenvalue weighted by Crippen LogP contribution is -2.28. The van der Waals surface area contributed by atoms with E-state index in [4.69, 9.17) is 10.2 Å². The Kier molecular flexibility index (Phi) is 4.99. The fraction of sp³-hybridized carbons (Fsp3) is 0.667. The van der Waals surface area contributed by atoms with Crippen LogP contribution in [0.2, 0.25) is 0 Å². The highest BCUT2D eigenvalue weighted by molar-refractivity contribution is 5.20. The van der Waals surface area contributed by atoms with Gasteiger partial charge in [0.25, 0.3) is 0 Å². The Bertz CT molecular complexity index is 320. The molecule has 16 heavy (non-hydrogen) atoms. The van der Waals surface area contributed by atoms with Gasteiger partial charge in [0, 0.05) is 25.2 Å². The predicted octanol–water partition coefficient (Wildman–Crippen LogP) is 1.04. The van der Waals surface area contributed by atoms with E-state index < -0.39 is 0 Å². The van der Waals surface area contributed by atoms with Gasteiger partial charge < -0.3 is 15.1 Å². The average molecular weight is 225 g/mol. The van der Waals surface area contributed by atoms with Gasteiger partial charge in [0.2, 0.25) is 0 Å². The number of likely N-dealkylation sites (N-methyl/N-ethyl adjacent to an activating group) is 2. The van der Waals surface area contributed by atoms with Crippen molar-refractivity contribution < 1.29 is 4.42 Å². The summed E-state index contributed by atoms with van der Waals surface area (Å²) in [5.74, 6) is 1.94. The summed E-state index contributed by atoms with van der Waals surface area (Å²) >= 11 is 0. The zero-order valence-corrected chi connectivity index (χ0v) is 10.8. The second-order valence-electron chi connectivity index (χ2n) is 4.54. The molecule has 0 aromatic carbocycles. The number of hydrogen-bond acceptors (Lipinski definition) is 4. The smallest absolute Gasteiger partial charge is 0.118 e. The van der Waals surface area contributed by atoms with Crippen LogP contribution in [-0.2, 0) is 13.1 Å². The Labute approximate surface area is 98.0 Å². The first kappa shape index (κ1) is 13.2. The molecule has 0 saturated heterocycles. The lowest BCUT2D eigenvalue weighted by atomic mass is 10.2. The molecule has 0 aliphatic rings. The van der Waals surface area contributed by atoms with E-state index in [1.807, 2.05) is 6.92 Å². The number of rotatable bonds is 6. The maximum atomic E-state index is 5.65. The molecule has 4 heteroatoms. The number of aryl methyl sites for hydroxylation is 1. The van der Waals surface area contributed by atoms with Gasteiger partial charge in [-0.1, -0.05) is 0 Å². The third-order valence-corrected chi connectivity index (χ3v) is 2.65. The first-order valence-corrected chi connectivity index (χ1v) is 5.64. The van der Waals surface area contributed by atoms with E-state index in [1.54, 1.807) is 0 Å². The second kappa shape index (κ2) is 6.03. The molecular weight excluding hydrogens is 202 g/mol. The van der Waals surface area contributed by atoms with Crippen molar-refractivity contribution in [3.63, 3.8) is 0 Å². The van der Waals surface area contributed by atoms with Crippen LogP contribution in [0.3, 0.4) is 0 Å². The zero-order chi connectivity index (χ0) is 12.1. The van der Waals surface area contributed by atoms with Gasteiger partial charge in [0.05, 0.1) is 6.54 Å².